The molecule has 0 spiro atoms. The van der Waals surface area contributed by atoms with Gasteiger partial charge in [-0.15, -0.1) is 0 Å². The Morgan fingerprint density at radius 3 is 2.50 bits per heavy atom. The second kappa shape index (κ2) is 14.3. The quantitative estimate of drug-likeness (QED) is 0.198. The van der Waals surface area contributed by atoms with Gasteiger partial charge in [-0.05, 0) is 61.7 Å². The fraction of sp³-hybridized carbons (Fsp3) is 0.351. The first-order valence-electron chi connectivity index (χ1n) is 16.5. The van der Waals surface area contributed by atoms with Crippen molar-refractivity contribution in [3.8, 4) is 28.7 Å². The van der Waals surface area contributed by atoms with Crippen molar-refractivity contribution in [1.82, 2.24) is 24.4 Å². The summed E-state index contributed by atoms with van der Waals surface area (Å²) < 4.78 is 19.7. The lowest BCUT2D eigenvalue weighted by atomic mass is 10.0. The van der Waals surface area contributed by atoms with Crippen LogP contribution in [0.15, 0.2) is 79.4 Å². The lowest BCUT2D eigenvalue weighted by molar-refractivity contribution is 0.0115. The molecule has 3 aromatic carbocycles. The van der Waals surface area contributed by atoms with E-state index < -0.39 is 0 Å². The minimum Gasteiger partial charge on any atom is -0.494 e. The molecule has 5 aromatic rings. The van der Waals surface area contributed by atoms with Gasteiger partial charge in [0.15, 0.2) is 0 Å². The third-order valence-corrected chi connectivity index (χ3v) is 9.22. The van der Waals surface area contributed by atoms with Gasteiger partial charge in [0, 0.05) is 61.9 Å². The topological polar surface area (TPSA) is 114 Å². The number of fused-ring (bicyclic) bond motifs is 1. The van der Waals surface area contributed by atoms with Gasteiger partial charge in [0.05, 0.1) is 55.5 Å². The number of rotatable bonds is 10. The van der Waals surface area contributed by atoms with Crippen molar-refractivity contribution >= 4 is 28.4 Å². The first-order valence-corrected chi connectivity index (χ1v) is 16.5. The van der Waals surface area contributed by atoms with Crippen molar-refractivity contribution in [2.75, 3.05) is 56.7 Å². The van der Waals surface area contributed by atoms with Crippen molar-refractivity contribution < 1.29 is 14.2 Å². The van der Waals surface area contributed by atoms with Gasteiger partial charge in [-0.2, -0.15) is 5.26 Å². The molecular formula is C37H40N8O3. The van der Waals surface area contributed by atoms with Crippen molar-refractivity contribution in [1.29, 1.82) is 5.26 Å². The van der Waals surface area contributed by atoms with E-state index in [1.165, 1.54) is 0 Å². The average molecular weight is 645 g/mol. The highest BCUT2D eigenvalue weighted by Crippen LogP contribution is 2.34. The fourth-order valence-corrected chi connectivity index (χ4v) is 6.65. The van der Waals surface area contributed by atoms with E-state index in [0.717, 1.165) is 91.5 Å². The van der Waals surface area contributed by atoms with Gasteiger partial charge in [-0.25, -0.2) is 15.0 Å². The van der Waals surface area contributed by atoms with Gasteiger partial charge in [-0.1, -0.05) is 18.2 Å². The number of methoxy groups -OCH3 is 1. The van der Waals surface area contributed by atoms with Crippen LogP contribution < -0.4 is 19.7 Å². The van der Waals surface area contributed by atoms with Crippen LogP contribution in [-0.2, 0) is 11.3 Å². The van der Waals surface area contributed by atoms with Crippen LogP contribution in [0.4, 0.5) is 17.3 Å². The van der Waals surface area contributed by atoms with E-state index in [0.29, 0.717) is 29.8 Å². The minimum absolute atomic E-state index is 0.198. The maximum absolute atomic E-state index is 9.76. The Kier molecular flexibility index (Phi) is 9.36. The summed E-state index contributed by atoms with van der Waals surface area (Å²) in [6.45, 7) is 8.38. The fourth-order valence-electron chi connectivity index (χ4n) is 6.65. The van der Waals surface area contributed by atoms with Crippen LogP contribution in [0.1, 0.15) is 25.3 Å². The Hall–Kier alpha value is -5.18. The zero-order chi connectivity index (χ0) is 32.9. The highest BCUT2D eigenvalue weighted by Gasteiger charge is 2.26. The normalized spacial score (nSPS) is 16.4. The van der Waals surface area contributed by atoms with Crippen LogP contribution in [0.3, 0.4) is 0 Å². The molecule has 246 valence electrons. The number of aromatic nitrogens is 4. The molecule has 2 aromatic heterocycles. The number of para-hydroxylation sites is 2. The van der Waals surface area contributed by atoms with Crippen molar-refractivity contribution in [2.45, 2.75) is 38.5 Å². The summed E-state index contributed by atoms with van der Waals surface area (Å²) in [5.74, 6) is 1.72. The molecule has 1 atom stereocenters. The van der Waals surface area contributed by atoms with Crippen LogP contribution >= 0.6 is 0 Å². The molecule has 11 heteroatoms. The number of benzene rings is 3. The minimum atomic E-state index is -0.198. The monoisotopic (exact) mass is 644 g/mol. The summed E-state index contributed by atoms with van der Waals surface area (Å²) in [6.07, 6.45) is 7.45. The van der Waals surface area contributed by atoms with E-state index >= 15 is 0 Å². The number of anilines is 3. The van der Waals surface area contributed by atoms with E-state index in [2.05, 4.69) is 52.8 Å². The van der Waals surface area contributed by atoms with E-state index in [1.54, 1.807) is 25.6 Å². The smallest absolute Gasteiger partial charge is 0.227 e. The zero-order valence-corrected chi connectivity index (χ0v) is 27.4. The third-order valence-electron chi connectivity index (χ3n) is 9.22. The SMILES string of the molecule is COc1cc(N2CCC(N3CCOCC3)CC2)ccc1Nc1ncc(-c2ccc(C#N)c(OC(C)Cn3cnc4ccccc43)c2)cn1. The maximum Gasteiger partial charge on any atom is 0.227 e. The number of hydrogen-bond acceptors (Lipinski definition) is 10. The summed E-state index contributed by atoms with van der Waals surface area (Å²) in [5.41, 5.74) is 6.07. The summed E-state index contributed by atoms with van der Waals surface area (Å²) in [4.78, 5) is 18.7. The Labute approximate surface area is 280 Å². The predicted molar refractivity (Wildman–Crippen MR) is 186 cm³/mol. The molecule has 2 fully saturated rings. The number of imidazole rings is 1. The van der Waals surface area contributed by atoms with Gasteiger partial charge in [0.2, 0.25) is 5.95 Å². The predicted octanol–water partition coefficient (Wildman–Crippen LogP) is 5.89. The summed E-state index contributed by atoms with van der Waals surface area (Å²) in [6, 6.07) is 22.6. The number of hydrogen-bond donors (Lipinski definition) is 1. The second-order valence-electron chi connectivity index (χ2n) is 12.3. The van der Waals surface area contributed by atoms with Crippen LogP contribution in [0.5, 0.6) is 11.5 Å². The molecule has 2 aliphatic heterocycles. The maximum atomic E-state index is 9.76. The Balaban J connectivity index is 0.997. The molecule has 48 heavy (non-hydrogen) atoms. The first kappa shape index (κ1) is 31.4. The molecule has 0 amide bonds. The van der Waals surface area contributed by atoms with E-state index in [1.807, 2.05) is 55.7 Å². The number of piperidine rings is 1. The molecular weight excluding hydrogens is 604 g/mol. The van der Waals surface area contributed by atoms with Gasteiger partial charge in [0.1, 0.15) is 23.7 Å². The molecule has 2 saturated heterocycles. The molecule has 1 unspecified atom stereocenters. The summed E-state index contributed by atoms with van der Waals surface area (Å²) >= 11 is 0. The summed E-state index contributed by atoms with van der Waals surface area (Å²) in [5, 5.41) is 13.1. The molecule has 1 N–H and O–H groups in total. The van der Waals surface area contributed by atoms with Crippen LogP contribution in [0, 0.1) is 11.3 Å². The first-order chi connectivity index (χ1) is 23.6. The van der Waals surface area contributed by atoms with E-state index in [9.17, 15) is 5.26 Å². The van der Waals surface area contributed by atoms with Gasteiger partial charge < -0.3 is 29.0 Å². The zero-order valence-electron chi connectivity index (χ0n) is 27.4. The number of nitriles is 1. The van der Waals surface area contributed by atoms with E-state index in [4.69, 9.17) is 14.2 Å². The van der Waals surface area contributed by atoms with Gasteiger partial charge in [-0.3, -0.25) is 4.90 Å². The number of nitrogens with zero attached hydrogens (tertiary/aromatic N) is 7. The average Bonchev–Trinajstić information content (AvgIpc) is 3.55. The van der Waals surface area contributed by atoms with Crippen LogP contribution in [0.2, 0.25) is 0 Å². The largest absolute Gasteiger partial charge is 0.494 e. The molecule has 4 heterocycles. The van der Waals surface area contributed by atoms with Crippen molar-refractivity contribution in [3.05, 3.63) is 84.9 Å². The van der Waals surface area contributed by atoms with E-state index in [-0.39, 0.29) is 6.10 Å². The lowest BCUT2D eigenvalue weighted by Crippen LogP contribution is -2.49. The molecule has 0 saturated carbocycles. The van der Waals surface area contributed by atoms with Crippen LogP contribution in [0.25, 0.3) is 22.2 Å². The van der Waals surface area contributed by atoms with Gasteiger partial charge in [0.25, 0.3) is 0 Å². The summed E-state index contributed by atoms with van der Waals surface area (Å²) in [7, 11) is 1.68. The Bertz CT molecular complexity index is 1890. The highest BCUT2D eigenvalue weighted by atomic mass is 16.5. The molecule has 7 rings (SSSR count). The molecule has 0 bridgehead atoms. The number of nitrogens with one attached hydrogen (secondary N) is 1. The lowest BCUT2D eigenvalue weighted by Gasteiger charge is -2.40. The number of morpholine rings is 1. The van der Waals surface area contributed by atoms with Gasteiger partial charge >= 0.3 is 0 Å². The van der Waals surface area contributed by atoms with Crippen molar-refractivity contribution in [2.24, 2.45) is 0 Å². The standard InChI is InChI=1S/C37H40N8O3/c1-26(24-45-25-41-32-5-3-4-6-34(32)45)48-35-19-27(7-8-28(35)21-38)29-22-39-37(40-23-29)42-33-10-9-31(20-36(33)46-2)43-13-11-30(12-14-43)44-15-17-47-18-16-44/h3-10,19-20,22-23,25-26,30H,11-18,24H2,1-2H3,(H,39,40,42). The Morgan fingerprint density at radius 2 is 1.73 bits per heavy atom. The number of ether oxygens (including phenoxy) is 3. The van der Waals surface area contributed by atoms with Crippen molar-refractivity contribution in [3.63, 3.8) is 0 Å². The van der Waals surface area contributed by atoms with Crippen LogP contribution in [-0.4, -0.2) is 83.1 Å². The third kappa shape index (κ3) is 6.90. The Morgan fingerprint density at radius 1 is 0.938 bits per heavy atom. The molecule has 0 aliphatic carbocycles. The molecule has 2 aliphatic rings. The molecule has 11 nitrogen and oxygen atoms in total. The molecule has 0 radical (unpaired) electrons. The second-order valence-corrected chi connectivity index (χ2v) is 12.3. The highest BCUT2D eigenvalue weighted by molar-refractivity contribution is 5.75.